The Balaban J connectivity index is 2.26. The van der Waals surface area contributed by atoms with E-state index in [0.29, 0.717) is 4.47 Å². The molecule has 0 spiro atoms. The molecule has 0 unspecified atom stereocenters. The minimum atomic E-state index is -3.39. The predicted molar refractivity (Wildman–Crippen MR) is 81.6 cm³/mol. The first kappa shape index (κ1) is 15.7. The second-order valence-electron chi connectivity index (χ2n) is 4.38. The van der Waals surface area contributed by atoms with Gasteiger partial charge in [0.2, 0.25) is 0 Å². The lowest BCUT2D eigenvalue weighted by molar-refractivity contribution is 0.102. The fourth-order valence-corrected chi connectivity index (χ4v) is 2.56. The Morgan fingerprint density at radius 2 is 1.90 bits per heavy atom. The van der Waals surface area contributed by atoms with Gasteiger partial charge in [0.1, 0.15) is 5.82 Å². The second-order valence-corrected chi connectivity index (χ2v) is 7.25. The predicted octanol–water partition coefficient (Wildman–Crippen LogP) is 3.24. The molecule has 7 heteroatoms. The molecule has 2 aromatic carbocycles. The molecular weight excluding hydrogens is 361 g/mol. The minimum Gasteiger partial charge on any atom is -0.322 e. The fraction of sp³-hybridized carbons (Fsp3) is 0.0714. The van der Waals surface area contributed by atoms with Crippen molar-refractivity contribution in [2.75, 3.05) is 11.6 Å². The normalized spacial score (nSPS) is 11.2. The maximum atomic E-state index is 13.4. The summed E-state index contributed by atoms with van der Waals surface area (Å²) in [5.74, 6) is -1.01. The number of nitrogens with one attached hydrogen (secondary N) is 1. The van der Waals surface area contributed by atoms with Gasteiger partial charge in [-0.05, 0) is 52.3 Å². The summed E-state index contributed by atoms with van der Waals surface area (Å²) < 4.78 is 36.6. The maximum absolute atomic E-state index is 13.4. The van der Waals surface area contributed by atoms with Crippen LogP contribution < -0.4 is 5.32 Å². The zero-order valence-electron chi connectivity index (χ0n) is 10.9. The standard InChI is InChI=1S/C14H11BrFNO3S/c1-21(19,20)11-4-2-3-9(7-11)14(18)17-10-5-6-12(15)13(16)8-10/h2-8H,1H3,(H,17,18). The monoisotopic (exact) mass is 371 g/mol. The zero-order chi connectivity index (χ0) is 15.6. The molecule has 0 atom stereocenters. The highest BCUT2D eigenvalue weighted by molar-refractivity contribution is 9.10. The Labute approximate surface area is 130 Å². The molecule has 0 saturated heterocycles. The highest BCUT2D eigenvalue weighted by Gasteiger charge is 2.12. The molecule has 110 valence electrons. The number of hydrogen-bond acceptors (Lipinski definition) is 3. The number of benzene rings is 2. The first-order chi connectivity index (χ1) is 9.77. The first-order valence-electron chi connectivity index (χ1n) is 5.84. The molecule has 0 fully saturated rings. The molecule has 0 aliphatic heterocycles. The van der Waals surface area contributed by atoms with Crippen LogP contribution in [0.15, 0.2) is 51.8 Å². The van der Waals surface area contributed by atoms with Crippen molar-refractivity contribution in [3.05, 3.63) is 58.3 Å². The number of carbonyl (C=O) groups excluding carboxylic acids is 1. The number of sulfone groups is 1. The molecule has 2 aromatic rings. The summed E-state index contributed by atoms with van der Waals surface area (Å²) in [7, 11) is -3.39. The van der Waals surface area contributed by atoms with Gasteiger partial charge in [-0.1, -0.05) is 6.07 Å². The van der Waals surface area contributed by atoms with E-state index in [0.717, 1.165) is 6.26 Å². The first-order valence-corrected chi connectivity index (χ1v) is 8.52. The summed E-state index contributed by atoms with van der Waals surface area (Å²) in [6.45, 7) is 0. The lowest BCUT2D eigenvalue weighted by atomic mass is 10.2. The number of anilines is 1. The smallest absolute Gasteiger partial charge is 0.255 e. The maximum Gasteiger partial charge on any atom is 0.255 e. The Kier molecular flexibility index (Phi) is 4.43. The van der Waals surface area contributed by atoms with E-state index in [1.807, 2.05) is 0 Å². The van der Waals surface area contributed by atoms with Crippen LogP contribution in [0.5, 0.6) is 0 Å². The molecule has 0 aliphatic carbocycles. The van der Waals surface area contributed by atoms with Crippen LogP contribution in [0.25, 0.3) is 0 Å². The lowest BCUT2D eigenvalue weighted by Gasteiger charge is -2.07. The molecule has 0 aliphatic rings. The lowest BCUT2D eigenvalue weighted by Crippen LogP contribution is -2.12. The highest BCUT2D eigenvalue weighted by atomic mass is 79.9. The largest absolute Gasteiger partial charge is 0.322 e. The molecule has 21 heavy (non-hydrogen) atoms. The van der Waals surface area contributed by atoms with Crippen LogP contribution in [0.1, 0.15) is 10.4 Å². The number of amides is 1. The summed E-state index contributed by atoms with van der Waals surface area (Å²) >= 11 is 3.02. The van der Waals surface area contributed by atoms with Gasteiger partial charge in [0.05, 0.1) is 9.37 Å². The number of rotatable bonds is 3. The fourth-order valence-electron chi connectivity index (χ4n) is 1.65. The third kappa shape index (κ3) is 3.89. The molecule has 0 saturated carbocycles. The summed E-state index contributed by atoms with van der Waals surface area (Å²) in [5.41, 5.74) is 0.465. The molecule has 0 bridgehead atoms. The van der Waals surface area contributed by atoms with Crippen molar-refractivity contribution in [2.24, 2.45) is 0 Å². The van der Waals surface area contributed by atoms with Crippen molar-refractivity contribution in [1.29, 1.82) is 0 Å². The molecular formula is C14H11BrFNO3S. The third-order valence-electron chi connectivity index (χ3n) is 2.70. The van der Waals surface area contributed by atoms with Gasteiger partial charge in [-0.3, -0.25) is 4.79 Å². The third-order valence-corrected chi connectivity index (χ3v) is 4.46. The van der Waals surface area contributed by atoms with E-state index in [-0.39, 0.29) is 16.1 Å². The average molecular weight is 372 g/mol. The second kappa shape index (κ2) is 5.95. The van der Waals surface area contributed by atoms with Gasteiger partial charge in [-0.25, -0.2) is 12.8 Å². The van der Waals surface area contributed by atoms with Crippen molar-refractivity contribution in [3.63, 3.8) is 0 Å². The van der Waals surface area contributed by atoms with Crippen LogP contribution in [0, 0.1) is 5.82 Å². The molecule has 0 aromatic heterocycles. The van der Waals surface area contributed by atoms with Gasteiger partial charge < -0.3 is 5.32 Å². The van der Waals surface area contributed by atoms with E-state index in [9.17, 15) is 17.6 Å². The SMILES string of the molecule is CS(=O)(=O)c1cccc(C(=O)Nc2ccc(Br)c(F)c2)c1. The molecule has 0 heterocycles. The van der Waals surface area contributed by atoms with Crippen LogP contribution in [0.3, 0.4) is 0 Å². The highest BCUT2D eigenvalue weighted by Crippen LogP contribution is 2.20. The molecule has 0 radical (unpaired) electrons. The average Bonchev–Trinajstić information content (AvgIpc) is 2.42. The summed E-state index contributed by atoms with van der Waals surface area (Å²) in [4.78, 5) is 12.1. The Bertz CT molecular complexity index is 806. The van der Waals surface area contributed by atoms with E-state index >= 15 is 0 Å². The zero-order valence-corrected chi connectivity index (χ0v) is 13.3. The van der Waals surface area contributed by atoms with Gasteiger partial charge in [0.15, 0.2) is 9.84 Å². The summed E-state index contributed by atoms with van der Waals surface area (Å²) in [6.07, 6.45) is 1.06. The van der Waals surface area contributed by atoms with E-state index in [2.05, 4.69) is 21.2 Å². The van der Waals surface area contributed by atoms with Gasteiger partial charge >= 0.3 is 0 Å². The van der Waals surface area contributed by atoms with Gasteiger partial charge in [0, 0.05) is 17.5 Å². The van der Waals surface area contributed by atoms with Gasteiger partial charge in [-0.2, -0.15) is 0 Å². The van der Waals surface area contributed by atoms with Gasteiger partial charge in [0.25, 0.3) is 5.91 Å². The quantitative estimate of drug-likeness (QED) is 0.900. The van der Waals surface area contributed by atoms with Crippen LogP contribution in [-0.4, -0.2) is 20.6 Å². The molecule has 4 nitrogen and oxygen atoms in total. The summed E-state index contributed by atoms with van der Waals surface area (Å²) in [6, 6.07) is 9.82. The van der Waals surface area contributed by atoms with E-state index in [4.69, 9.17) is 0 Å². The van der Waals surface area contributed by atoms with Crippen molar-refractivity contribution in [3.8, 4) is 0 Å². The number of hydrogen-bond donors (Lipinski definition) is 1. The van der Waals surface area contributed by atoms with Crippen LogP contribution in [-0.2, 0) is 9.84 Å². The topological polar surface area (TPSA) is 63.2 Å². The van der Waals surface area contributed by atoms with Crippen molar-refractivity contribution in [2.45, 2.75) is 4.90 Å². The summed E-state index contributed by atoms with van der Waals surface area (Å²) in [5, 5.41) is 2.51. The Morgan fingerprint density at radius 1 is 1.19 bits per heavy atom. The van der Waals surface area contributed by atoms with E-state index < -0.39 is 21.6 Å². The van der Waals surface area contributed by atoms with Crippen LogP contribution in [0.2, 0.25) is 0 Å². The molecule has 2 rings (SSSR count). The van der Waals surface area contributed by atoms with Crippen molar-refractivity contribution >= 4 is 37.4 Å². The molecule has 1 N–H and O–H groups in total. The van der Waals surface area contributed by atoms with Gasteiger partial charge in [-0.15, -0.1) is 0 Å². The van der Waals surface area contributed by atoms with Crippen LogP contribution in [0.4, 0.5) is 10.1 Å². The Morgan fingerprint density at radius 3 is 2.52 bits per heavy atom. The number of halogens is 2. The molecule has 1 amide bonds. The van der Waals surface area contributed by atoms with Crippen molar-refractivity contribution < 1.29 is 17.6 Å². The Hall–Kier alpha value is -1.73. The number of carbonyl (C=O) groups is 1. The van der Waals surface area contributed by atoms with Crippen LogP contribution >= 0.6 is 15.9 Å². The minimum absolute atomic E-state index is 0.0529. The van der Waals surface area contributed by atoms with E-state index in [1.165, 1.54) is 42.5 Å². The van der Waals surface area contributed by atoms with Crippen molar-refractivity contribution in [1.82, 2.24) is 0 Å². The van der Waals surface area contributed by atoms with E-state index in [1.54, 1.807) is 0 Å².